The monoisotopic (exact) mass is 290 g/mol. The molecule has 106 valence electrons. The summed E-state index contributed by atoms with van der Waals surface area (Å²) in [4.78, 5) is 0. The molecule has 1 atom stereocenters. The summed E-state index contributed by atoms with van der Waals surface area (Å²) in [5, 5.41) is 12.5. The van der Waals surface area contributed by atoms with Gasteiger partial charge in [0.05, 0.1) is 6.54 Å². The van der Waals surface area contributed by atoms with E-state index < -0.39 is 0 Å². The first-order valence-corrected chi connectivity index (χ1v) is 7.20. The largest absolute Gasteiger partial charge is 0.320 e. The Balaban J connectivity index is 1.85. The number of benzene rings is 1. The van der Waals surface area contributed by atoms with Crippen molar-refractivity contribution in [3.8, 4) is 0 Å². The first-order valence-electron chi connectivity index (χ1n) is 6.82. The van der Waals surface area contributed by atoms with Crippen LogP contribution in [-0.4, -0.2) is 14.8 Å². The highest BCUT2D eigenvalue weighted by molar-refractivity contribution is 6.30. The number of nitrogens with one attached hydrogen (secondary N) is 1. The molecule has 2 aromatic rings. The van der Waals surface area contributed by atoms with Gasteiger partial charge in [-0.15, -0.1) is 10.2 Å². The van der Waals surface area contributed by atoms with Crippen molar-refractivity contribution in [2.24, 2.45) is 12.5 Å². The average Bonchev–Trinajstić information content (AvgIpc) is 2.88. The van der Waals surface area contributed by atoms with Gasteiger partial charge >= 0.3 is 0 Å². The fourth-order valence-corrected chi connectivity index (χ4v) is 3.24. The zero-order valence-corrected chi connectivity index (χ0v) is 12.8. The highest BCUT2D eigenvalue weighted by Crippen LogP contribution is 2.45. The van der Waals surface area contributed by atoms with Crippen LogP contribution in [0.3, 0.4) is 0 Å². The van der Waals surface area contributed by atoms with Crippen molar-refractivity contribution in [1.82, 2.24) is 20.1 Å². The average molecular weight is 291 g/mol. The molecule has 0 fully saturated rings. The van der Waals surface area contributed by atoms with E-state index in [9.17, 15) is 0 Å². The lowest BCUT2D eigenvalue weighted by Crippen LogP contribution is -2.31. The quantitative estimate of drug-likeness (QED) is 0.945. The van der Waals surface area contributed by atoms with Crippen LogP contribution in [0.5, 0.6) is 0 Å². The van der Waals surface area contributed by atoms with Crippen molar-refractivity contribution in [3.05, 3.63) is 46.5 Å². The van der Waals surface area contributed by atoms with Crippen molar-refractivity contribution in [2.75, 3.05) is 0 Å². The van der Waals surface area contributed by atoms with Gasteiger partial charge in [-0.05, 0) is 35.1 Å². The van der Waals surface area contributed by atoms with Crippen LogP contribution in [0, 0.1) is 5.41 Å². The zero-order chi connectivity index (χ0) is 14.3. The summed E-state index contributed by atoms with van der Waals surface area (Å²) in [5.74, 6) is 0.941. The van der Waals surface area contributed by atoms with Gasteiger partial charge in [0.15, 0.2) is 0 Å². The van der Waals surface area contributed by atoms with Crippen LogP contribution in [-0.2, 0) is 20.0 Å². The van der Waals surface area contributed by atoms with E-state index in [1.165, 1.54) is 11.1 Å². The summed E-state index contributed by atoms with van der Waals surface area (Å²) in [6, 6.07) is 6.48. The van der Waals surface area contributed by atoms with E-state index in [2.05, 4.69) is 41.5 Å². The molecule has 0 saturated carbocycles. The number of halogens is 1. The molecule has 5 heteroatoms. The van der Waals surface area contributed by atoms with Gasteiger partial charge in [0, 0.05) is 18.1 Å². The molecule has 1 heterocycles. The number of rotatable bonds is 3. The zero-order valence-electron chi connectivity index (χ0n) is 12.0. The third kappa shape index (κ3) is 2.34. The Kier molecular flexibility index (Phi) is 3.30. The van der Waals surface area contributed by atoms with Crippen LogP contribution < -0.4 is 5.32 Å². The molecule has 1 unspecified atom stereocenters. The lowest BCUT2D eigenvalue weighted by atomic mass is 9.85. The Hall–Kier alpha value is -1.39. The van der Waals surface area contributed by atoms with Crippen molar-refractivity contribution in [2.45, 2.75) is 32.9 Å². The molecule has 0 radical (unpaired) electrons. The van der Waals surface area contributed by atoms with Crippen LogP contribution in [0.2, 0.25) is 5.02 Å². The second-order valence-corrected chi connectivity index (χ2v) is 6.62. The smallest absolute Gasteiger partial charge is 0.146 e. The fourth-order valence-electron chi connectivity index (χ4n) is 3.06. The summed E-state index contributed by atoms with van der Waals surface area (Å²) in [7, 11) is 1.96. The molecule has 1 N–H and O–H groups in total. The molecule has 0 saturated heterocycles. The molecule has 4 nitrogen and oxygen atoms in total. The topological polar surface area (TPSA) is 42.7 Å². The van der Waals surface area contributed by atoms with Gasteiger partial charge in [0.1, 0.15) is 12.2 Å². The van der Waals surface area contributed by atoms with E-state index in [1.54, 1.807) is 6.33 Å². The number of hydrogen-bond donors (Lipinski definition) is 1. The maximum atomic E-state index is 6.15. The van der Waals surface area contributed by atoms with Crippen molar-refractivity contribution in [3.63, 3.8) is 0 Å². The maximum absolute atomic E-state index is 6.15. The van der Waals surface area contributed by atoms with E-state index in [0.29, 0.717) is 6.54 Å². The first-order chi connectivity index (χ1) is 9.47. The minimum Gasteiger partial charge on any atom is -0.320 e. The van der Waals surface area contributed by atoms with E-state index >= 15 is 0 Å². The molecule has 0 aliphatic heterocycles. The molecule has 1 aliphatic carbocycles. The predicted octanol–water partition coefficient (Wildman–Crippen LogP) is 2.88. The first kappa shape index (κ1) is 13.6. The molecule has 3 rings (SSSR count). The minimum absolute atomic E-state index is 0.172. The van der Waals surface area contributed by atoms with Crippen molar-refractivity contribution < 1.29 is 0 Å². The Labute approximate surface area is 124 Å². The van der Waals surface area contributed by atoms with Gasteiger partial charge in [0.25, 0.3) is 0 Å². The van der Waals surface area contributed by atoms with Gasteiger partial charge < -0.3 is 9.88 Å². The van der Waals surface area contributed by atoms with E-state index in [-0.39, 0.29) is 11.5 Å². The molecule has 0 bridgehead atoms. The lowest BCUT2D eigenvalue weighted by Gasteiger charge is -2.28. The predicted molar refractivity (Wildman–Crippen MR) is 79.5 cm³/mol. The van der Waals surface area contributed by atoms with Crippen LogP contribution >= 0.6 is 11.6 Å². The minimum atomic E-state index is 0.172. The molecule has 1 aromatic heterocycles. The van der Waals surface area contributed by atoms with Crippen molar-refractivity contribution in [1.29, 1.82) is 0 Å². The lowest BCUT2D eigenvalue weighted by molar-refractivity contribution is 0.266. The van der Waals surface area contributed by atoms with Gasteiger partial charge in [-0.2, -0.15) is 0 Å². The second-order valence-electron chi connectivity index (χ2n) is 6.18. The number of aryl methyl sites for hydroxylation is 1. The standard InChI is InChI=1S/C15H19ClN4/c1-15(2)7-10-4-5-11(16)6-12(10)14(15)17-8-13-19-18-9-20(13)3/h4-6,9,14,17H,7-8H2,1-3H3. The van der Waals surface area contributed by atoms with Crippen molar-refractivity contribution >= 4 is 11.6 Å². The van der Waals surface area contributed by atoms with Gasteiger partial charge in [-0.25, -0.2) is 0 Å². The highest BCUT2D eigenvalue weighted by Gasteiger charge is 2.38. The molecule has 0 spiro atoms. The number of hydrogen-bond acceptors (Lipinski definition) is 3. The molecule has 0 amide bonds. The SMILES string of the molecule is Cn1cnnc1CNC1c2cc(Cl)ccc2CC1(C)C. The molecule has 1 aromatic carbocycles. The fraction of sp³-hybridized carbons (Fsp3) is 0.467. The molecule has 20 heavy (non-hydrogen) atoms. The molecular weight excluding hydrogens is 272 g/mol. The van der Waals surface area contributed by atoms with Crippen LogP contribution in [0.4, 0.5) is 0 Å². The Morgan fingerprint density at radius 1 is 1.45 bits per heavy atom. The van der Waals surface area contributed by atoms with Gasteiger partial charge in [-0.3, -0.25) is 0 Å². The number of aromatic nitrogens is 3. The third-order valence-electron chi connectivity index (χ3n) is 4.12. The molecular formula is C15H19ClN4. The highest BCUT2D eigenvalue weighted by atomic mass is 35.5. The summed E-state index contributed by atoms with van der Waals surface area (Å²) < 4.78 is 1.94. The Bertz CT molecular complexity index is 633. The summed E-state index contributed by atoms with van der Waals surface area (Å²) in [5.41, 5.74) is 2.87. The number of nitrogens with zero attached hydrogens (tertiary/aromatic N) is 3. The Morgan fingerprint density at radius 3 is 2.95 bits per heavy atom. The van der Waals surface area contributed by atoms with E-state index in [0.717, 1.165) is 17.3 Å². The third-order valence-corrected chi connectivity index (χ3v) is 4.35. The van der Waals surface area contributed by atoms with Crippen LogP contribution in [0.25, 0.3) is 0 Å². The molecule has 1 aliphatic rings. The summed E-state index contributed by atoms with van der Waals surface area (Å²) >= 11 is 6.15. The summed E-state index contributed by atoms with van der Waals surface area (Å²) in [6.07, 6.45) is 2.79. The van der Waals surface area contributed by atoms with Gasteiger partial charge in [-0.1, -0.05) is 31.5 Å². The summed E-state index contributed by atoms with van der Waals surface area (Å²) in [6.45, 7) is 5.28. The van der Waals surface area contributed by atoms with E-state index in [4.69, 9.17) is 11.6 Å². The van der Waals surface area contributed by atoms with Crippen LogP contribution in [0.1, 0.15) is 36.8 Å². The maximum Gasteiger partial charge on any atom is 0.146 e. The number of fused-ring (bicyclic) bond motifs is 1. The normalized spacial score (nSPS) is 20.1. The van der Waals surface area contributed by atoms with Gasteiger partial charge in [0.2, 0.25) is 0 Å². The Morgan fingerprint density at radius 2 is 2.25 bits per heavy atom. The van der Waals surface area contributed by atoms with Crippen LogP contribution in [0.15, 0.2) is 24.5 Å². The second kappa shape index (κ2) is 4.86. The van der Waals surface area contributed by atoms with E-state index in [1.807, 2.05) is 17.7 Å².